The summed E-state index contributed by atoms with van der Waals surface area (Å²) >= 11 is 0. The predicted molar refractivity (Wildman–Crippen MR) is 32.8 cm³/mol. The lowest BCUT2D eigenvalue weighted by Crippen LogP contribution is -2.35. The monoisotopic (exact) mass is 147 g/mol. The molecule has 0 fully saturated rings. The molecule has 0 aliphatic heterocycles. The summed E-state index contributed by atoms with van der Waals surface area (Å²) in [5, 5.41) is 15.0. The van der Waals surface area contributed by atoms with Crippen LogP contribution in [-0.2, 0) is 9.63 Å². The molecule has 0 aromatic rings. The molecule has 0 aromatic heterocycles. The number of hydrogen-bond donors (Lipinski definition) is 4. The smallest absolute Gasteiger partial charge is 0.360 e. The molecule has 0 rings (SSSR count). The van der Waals surface area contributed by atoms with Crippen LogP contribution in [0.1, 0.15) is 6.92 Å². The Kier molecular flexibility index (Phi) is 3.20. The standard InChI is InChI=1S/C4H9N3O3/c1-2(8)3(9)10-7-4(5)6/h2,8H,1H3,(H4,5,6,7). The Bertz CT molecular complexity index is 145. The first-order valence-corrected chi connectivity index (χ1v) is 2.53. The Hall–Kier alpha value is -1.30. The van der Waals surface area contributed by atoms with Crippen molar-refractivity contribution < 1.29 is 14.7 Å². The second-order valence-corrected chi connectivity index (χ2v) is 1.61. The molecule has 10 heavy (non-hydrogen) atoms. The van der Waals surface area contributed by atoms with Crippen molar-refractivity contribution in [3.8, 4) is 0 Å². The van der Waals surface area contributed by atoms with E-state index in [4.69, 9.17) is 16.2 Å². The van der Waals surface area contributed by atoms with Gasteiger partial charge in [-0.2, -0.15) is 5.48 Å². The maximum Gasteiger partial charge on any atom is 0.360 e. The van der Waals surface area contributed by atoms with Gasteiger partial charge in [-0.3, -0.25) is 5.41 Å². The largest absolute Gasteiger partial charge is 0.382 e. The third kappa shape index (κ3) is 3.67. The van der Waals surface area contributed by atoms with Crippen LogP contribution in [0.2, 0.25) is 0 Å². The molecular formula is C4H9N3O3. The van der Waals surface area contributed by atoms with Crippen LogP contribution in [0.5, 0.6) is 0 Å². The van der Waals surface area contributed by atoms with Crippen LogP contribution in [0.4, 0.5) is 0 Å². The van der Waals surface area contributed by atoms with Gasteiger partial charge in [-0.1, -0.05) is 0 Å². The van der Waals surface area contributed by atoms with Crippen molar-refractivity contribution >= 4 is 11.9 Å². The minimum Gasteiger partial charge on any atom is -0.382 e. The molecule has 0 aliphatic rings. The summed E-state index contributed by atoms with van der Waals surface area (Å²) < 4.78 is 0. The quantitative estimate of drug-likeness (QED) is 0.201. The molecule has 1 unspecified atom stereocenters. The van der Waals surface area contributed by atoms with Gasteiger partial charge in [0.15, 0.2) is 6.10 Å². The molecular weight excluding hydrogens is 138 g/mol. The number of nitrogens with two attached hydrogens (primary N) is 1. The average molecular weight is 147 g/mol. The first-order valence-electron chi connectivity index (χ1n) is 2.53. The predicted octanol–water partition coefficient (Wildman–Crippen LogP) is -1.69. The Morgan fingerprint density at radius 1 is 1.90 bits per heavy atom. The van der Waals surface area contributed by atoms with Gasteiger partial charge >= 0.3 is 5.97 Å². The molecule has 0 heterocycles. The normalized spacial score (nSPS) is 11.8. The second-order valence-electron chi connectivity index (χ2n) is 1.61. The summed E-state index contributed by atoms with van der Waals surface area (Å²) in [4.78, 5) is 14.4. The van der Waals surface area contributed by atoms with Gasteiger partial charge in [0.25, 0.3) is 0 Å². The highest BCUT2D eigenvalue weighted by atomic mass is 16.7. The minimum absolute atomic E-state index is 0.492. The van der Waals surface area contributed by atoms with Gasteiger partial charge in [0.1, 0.15) is 0 Å². The fourth-order valence-electron chi connectivity index (χ4n) is 0.191. The first-order chi connectivity index (χ1) is 4.54. The van der Waals surface area contributed by atoms with Crippen LogP contribution in [0.3, 0.4) is 0 Å². The van der Waals surface area contributed by atoms with Crippen molar-refractivity contribution in [3.63, 3.8) is 0 Å². The van der Waals surface area contributed by atoms with Gasteiger partial charge in [0.05, 0.1) is 0 Å². The van der Waals surface area contributed by atoms with E-state index in [1.54, 1.807) is 5.48 Å². The molecule has 0 spiro atoms. The molecule has 58 valence electrons. The Balaban J connectivity index is 3.50. The number of hydrogen-bond acceptors (Lipinski definition) is 4. The molecule has 0 bridgehead atoms. The summed E-state index contributed by atoms with van der Waals surface area (Å²) in [7, 11) is 0. The van der Waals surface area contributed by atoms with Crippen molar-refractivity contribution in [2.24, 2.45) is 5.73 Å². The molecule has 6 heteroatoms. The summed E-state index contributed by atoms with van der Waals surface area (Å²) in [5.41, 5.74) is 6.53. The lowest BCUT2D eigenvalue weighted by Gasteiger charge is -2.04. The Morgan fingerprint density at radius 2 is 2.40 bits per heavy atom. The molecule has 0 aromatic carbocycles. The van der Waals surface area contributed by atoms with Crippen molar-refractivity contribution in [1.29, 1.82) is 5.41 Å². The van der Waals surface area contributed by atoms with Crippen LogP contribution in [0.25, 0.3) is 0 Å². The van der Waals surface area contributed by atoms with Gasteiger partial charge in [-0.25, -0.2) is 4.79 Å². The zero-order chi connectivity index (χ0) is 8.15. The van der Waals surface area contributed by atoms with E-state index in [0.29, 0.717) is 0 Å². The lowest BCUT2D eigenvalue weighted by molar-refractivity contribution is -0.156. The maximum atomic E-state index is 10.4. The van der Waals surface area contributed by atoms with Crippen molar-refractivity contribution in [3.05, 3.63) is 0 Å². The zero-order valence-corrected chi connectivity index (χ0v) is 5.42. The van der Waals surface area contributed by atoms with Gasteiger partial charge < -0.3 is 15.7 Å². The van der Waals surface area contributed by atoms with Crippen LogP contribution in [0.15, 0.2) is 0 Å². The van der Waals surface area contributed by atoms with Crippen LogP contribution >= 0.6 is 0 Å². The number of carbonyl (C=O) groups is 1. The number of hydroxylamine groups is 1. The average Bonchev–Trinajstić information content (AvgIpc) is 1.82. The minimum atomic E-state index is -1.22. The molecule has 6 nitrogen and oxygen atoms in total. The molecule has 0 saturated heterocycles. The number of guanidine groups is 1. The first kappa shape index (κ1) is 8.70. The van der Waals surface area contributed by atoms with Crippen LogP contribution in [0, 0.1) is 5.41 Å². The summed E-state index contributed by atoms with van der Waals surface area (Å²) in [6, 6.07) is 0. The van der Waals surface area contributed by atoms with Gasteiger partial charge in [0, 0.05) is 0 Å². The van der Waals surface area contributed by atoms with Gasteiger partial charge in [-0.15, -0.1) is 0 Å². The number of aliphatic hydroxyl groups is 1. The zero-order valence-electron chi connectivity index (χ0n) is 5.42. The number of rotatable bonds is 1. The fourth-order valence-corrected chi connectivity index (χ4v) is 0.191. The number of nitrogens with one attached hydrogen (secondary N) is 2. The van der Waals surface area contributed by atoms with Gasteiger partial charge in [-0.05, 0) is 6.92 Å². The van der Waals surface area contributed by atoms with Crippen molar-refractivity contribution in [2.45, 2.75) is 13.0 Å². The van der Waals surface area contributed by atoms with E-state index in [1.807, 2.05) is 0 Å². The van der Waals surface area contributed by atoms with E-state index in [9.17, 15) is 4.79 Å². The fraction of sp³-hybridized carbons (Fsp3) is 0.500. The third-order valence-electron chi connectivity index (χ3n) is 0.603. The Morgan fingerprint density at radius 3 is 2.70 bits per heavy atom. The van der Waals surface area contributed by atoms with Gasteiger partial charge in [0.2, 0.25) is 5.96 Å². The number of aliphatic hydroxyl groups excluding tert-OH is 1. The van der Waals surface area contributed by atoms with E-state index in [-0.39, 0.29) is 0 Å². The highest BCUT2D eigenvalue weighted by Gasteiger charge is 2.09. The molecule has 5 N–H and O–H groups in total. The van der Waals surface area contributed by atoms with E-state index in [0.717, 1.165) is 0 Å². The van der Waals surface area contributed by atoms with Crippen LogP contribution < -0.4 is 11.2 Å². The highest BCUT2D eigenvalue weighted by Crippen LogP contribution is 1.81. The van der Waals surface area contributed by atoms with Crippen molar-refractivity contribution in [1.82, 2.24) is 5.48 Å². The topological polar surface area (TPSA) is 108 Å². The summed E-state index contributed by atoms with van der Waals surface area (Å²) in [5.74, 6) is -1.37. The Labute approximate surface area is 57.4 Å². The van der Waals surface area contributed by atoms with Crippen molar-refractivity contribution in [2.75, 3.05) is 0 Å². The third-order valence-corrected chi connectivity index (χ3v) is 0.603. The molecule has 0 radical (unpaired) electrons. The van der Waals surface area contributed by atoms with E-state index < -0.39 is 18.0 Å². The summed E-state index contributed by atoms with van der Waals surface area (Å²) in [6.07, 6.45) is -1.22. The lowest BCUT2D eigenvalue weighted by atomic mass is 10.4. The highest BCUT2D eigenvalue weighted by molar-refractivity contribution is 5.78. The van der Waals surface area contributed by atoms with E-state index >= 15 is 0 Å². The summed E-state index contributed by atoms with van der Waals surface area (Å²) in [6.45, 7) is 1.24. The molecule has 0 saturated carbocycles. The SMILES string of the molecule is CC(O)C(=O)ONC(=N)N. The molecule has 1 atom stereocenters. The van der Waals surface area contributed by atoms with E-state index in [2.05, 4.69) is 4.84 Å². The van der Waals surface area contributed by atoms with E-state index in [1.165, 1.54) is 6.92 Å². The van der Waals surface area contributed by atoms with Crippen LogP contribution in [-0.4, -0.2) is 23.1 Å². The number of carbonyl (C=O) groups excluding carboxylic acids is 1. The second kappa shape index (κ2) is 3.67. The molecule has 0 aliphatic carbocycles. The molecule has 0 amide bonds. The maximum absolute atomic E-state index is 10.4.